The monoisotopic (exact) mass is 338 g/mol. The molecule has 0 fully saturated rings. The minimum atomic E-state index is 0.674. The highest BCUT2D eigenvalue weighted by molar-refractivity contribution is 9.10. The normalized spacial score (nSPS) is 10.7. The topological polar surface area (TPSA) is 33.6 Å². The van der Waals surface area contributed by atoms with Crippen molar-refractivity contribution in [1.29, 1.82) is 0 Å². The average Bonchev–Trinajstić information content (AvgIpc) is 2.39. The SMILES string of the molecule is COc1ccc(C=NNc2cccc(Cl)c2)cc1Br. The lowest BCUT2D eigenvalue weighted by atomic mass is 10.2. The Hall–Kier alpha value is -1.52. The van der Waals surface area contributed by atoms with E-state index >= 15 is 0 Å². The first-order chi connectivity index (χ1) is 9.19. The summed E-state index contributed by atoms with van der Waals surface area (Å²) in [5.74, 6) is 0.792. The van der Waals surface area contributed by atoms with Crippen molar-refractivity contribution in [2.75, 3.05) is 12.5 Å². The summed E-state index contributed by atoms with van der Waals surface area (Å²) in [5, 5.41) is 4.83. The maximum Gasteiger partial charge on any atom is 0.133 e. The van der Waals surface area contributed by atoms with Crippen molar-refractivity contribution < 1.29 is 4.74 Å². The number of halogens is 2. The zero-order valence-corrected chi connectivity index (χ0v) is 12.6. The van der Waals surface area contributed by atoms with Gasteiger partial charge in [-0.05, 0) is 57.9 Å². The minimum Gasteiger partial charge on any atom is -0.496 e. The second-order valence-electron chi connectivity index (χ2n) is 3.77. The number of hydrogen-bond acceptors (Lipinski definition) is 3. The lowest BCUT2D eigenvalue weighted by Crippen LogP contribution is -1.91. The highest BCUT2D eigenvalue weighted by atomic mass is 79.9. The second kappa shape index (κ2) is 6.59. The molecule has 98 valence electrons. The maximum atomic E-state index is 5.88. The molecule has 0 spiro atoms. The number of methoxy groups -OCH3 is 1. The summed E-state index contributed by atoms with van der Waals surface area (Å²) in [6.45, 7) is 0. The van der Waals surface area contributed by atoms with Gasteiger partial charge in [0, 0.05) is 5.02 Å². The van der Waals surface area contributed by atoms with Crippen molar-refractivity contribution in [2.24, 2.45) is 5.10 Å². The first kappa shape index (κ1) is 13.9. The van der Waals surface area contributed by atoms with Gasteiger partial charge >= 0.3 is 0 Å². The van der Waals surface area contributed by atoms with Crippen molar-refractivity contribution in [3.63, 3.8) is 0 Å². The fraction of sp³-hybridized carbons (Fsp3) is 0.0714. The largest absolute Gasteiger partial charge is 0.496 e. The van der Waals surface area contributed by atoms with Gasteiger partial charge in [0.15, 0.2) is 0 Å². The van der Waals surface area contributed by atoms with Crippen LogP contribution >= 0.6 is 27.5 Å². The first-order valence-electron chi connectivity index (χ1n) is 5.57. The van der Waals surface area contributed by atoms with Crippen molar-refractivity contribution in [1.82, 2.24) is 0 Å². The molecule has 2 rings (SSSR count). The Bertz CT molecular complexity index is 602. The fourth-order valence-corrected chi connectivity index (χ4v) is 2.25. The molecule has 0 saturated carbocycles. The molecule has 3 nitrogen and oxygen atoms in total. The van der Waals surface area contributed by atoms with Crippen LogP contribution in [0.25, 0.3) is 0 Å². The summed E-state index contributed by atoms with van der Waals surface area (Å²) >= 11 is 9.31. The Morgan fingerprint density at radius 1 is 1.26 bits per heavy atom. The predicted molar refractivity (Wildman–Crippen MR) is 83.4 cm³/mol. The number of nitrogens with one attached hydrogen (secondary N) is 1. The van der Waals surface area contributed by atoms with E-state index in [1.165, 1.54) is 0 Å². The molecular weight excluding hydrogens is 328 g/mol. The molecule has 5 heteroatoms. The smallest absolute Gasteiger partial charge is 0.133 e. The van der Waals surface area contributed by atoms with Gasteiger partial charge in [0.05, 0.1) is 23.5 Å². The molecule has 0 radical (unpaired) electrons. The zero-order chi connectivity index (χ0) is 13.7. The minimum absolute atomic E-state index is 0.674. The van der Waals surface area contributed by atoms with Gasteiger partial charge in [-0.25, -0.2) is 0 Å². The molecule has 0 aliphatic heterocycles. The zero-order valence-electron chi connectivity index (χ0n) is 10.2. The lowest BCUT2D eigenvalue weighted by Gasteiger charge is -2.03. The van der Waals surface area contributed by atoms with E-state index in [9.17, 15) is 0 Å². The van der Waals surface area contributed by atoms with E-state index in [-0.39, 0.29) is 0 Å². The number of benzene rings is 2. The molecular formula is C14H12BrClN2O. The Balaban J connectivity index is 2.05. The van der Waals surface area contributed by atoms with E-state index in [1.54, 1.807) is 13.3 Å². The summed E-state index contributed by atoms with van der Waals surface area (Å²) in [4.78, 5) is 0. The summed E-state index contributed by atoms with van der Waals surface area (Å²) < 4.78 is 6.06. The molecule has 0 unspecified atom stereocenters. The Kier molecular flexibility index (Phi) is 4.82. The number of rotatable bonds is 4. The Morgan fingerprint density at radius 3 is 2.79 bits per heavy atom. The van der Waals surface area contributed by atoms with Crippen LogP contribution in [0.3, 0.4) is 0 Å². The van der Waals surface area contributed by atoms with Crippen LogP contribution in [0, 0.1) is 0 Å². The highest BCUT2D eigenvalue weighted by Crippen LogP contribution is 2.24. The standard InChI is InChI=1S/C14H12BrClN2O/c1-19-14-6-5-10(7-13(14)15)9-17-18-12-4-2-3-11(16)8-12/h2-9,18H,1H3. The quantitative estimate of drug-likeness (QED) is 0.654. The summed E-state index contributed by atoms with van der Waals surface area (Å²) in [6.07, 6.45) is 1.73. The molecule has 0 amide bonds. The third-order valence-corrected chi connectivity index (χ3v) is 3.26. The highest BCUT2D eigenvalue weighted by Gasteiger charge is 1.99. The summed E-state index contributed by atoms with van der Waals surface area (Å²) in [6, 6.07) is 13.1. The van der Waals surface area contributed by atoms with Gasteiger partial charge in [-0.2, -0.15) is 5.10 Å². The van der Waals surface area contributed by atoms with Crippen LogP contribution < -0.4 is 10.2 Å². The molecule has 2 aromatic rings. The van der Waals surface area contributed by atoms with Gasteiger partial charge in [-0.3, -0.25) is 5.43 Å². The Labute approximate surface area is 125 Å². The van der Waals surface area contributed by atoms with Crippen molar-refractivity contribution in [2.45, 2.75) is 0 Å². The van der Waals surface area contributed by atoms with E-state index in [0.717, 1.165) is 21.5 Å². The van der Waals surface area contributed by atoms with E-state index in [4.69, 9.17) is 16.3 Å². The molecule has 0 aliphatic rings. The molecule has 2 aromatic carbocycles. The van der Waals surface area contributed by atoms with E-state index in [1.807, 2.05) is 42.5 Å². The Morgan fingerprint density at radius 2 is 2.11 bits per heavy atom. The van der Waals surface area contributed by atoms with E-state index in [0.29, 0.717) is 5.02 Å². The van der Waals surface area contributed by atoms with E-state index < -0.39 is 0 Å². The molecule has 0 saturated heterocycles. The van der Waals surface area contributed by atoms with Gasteiger partial charge in [0.25, 0.3) is 0 Å². The molecule has 0 aliphatic carbocycles. The van der Waals surface area contributed by atoms with Gasteiger partial charge in [-0.15, -0.1) is 0 Å². The molecule has 0 heterocycles. The summed E-state index contributed by atoms with van der Waals surface area (Å²) in [7, 11) is 1.63. The van der Waals surface area contributed by atoms with Crippen LogP contribution in [0.4, 0.5) is 5.69 Å². The number of hydrogen-bond donors (Lipinski definition) is 1. The van der Waals surface area contributed by atoms with Crippen LogP contribution in [0.5, 0.6) is 5.75 Å². The number of anilines is 1. The number of hydrazone groups is 1. The van der Waals surface area contributed by atoms with Crippen LogP contribution in [-0.4, -0.2) is 13.3 Å². The number of ether oxygens (including phenoxy) is 1. The van der Waals surface area contributed by atoms with Gasteiger partial charge < -0.3 is 4.74 Å². The first-order valence-corrected chi connectivity index (χ1v) is 6.74. The molecule has 1 N–H and O–H groups in total. The van der Waals surface area contributed by atoms with E-state index in [2.05, 4.69) is 26.5 Å². The fourth-order valence-electron chi connectivity index (χ4n) is 1.50. The lowest BCUT2D eigenvalue weighted by molar-refractivity contribution is 0.412. The predicted octanol–water partition coefficient (Wildman–Crippen LogP) is 4.56. The van der Waals surface area contributed by atoms with Crippen LogP contribution in [0.1, 0.15) is 5.56 Å². The molecule has 0 bridgehead atoms. The summed E-state index contributed by atoms with van der Waals surface area (Å²) in [5.41, 5.74) is 4.72. The van der Waals surface area contributed by atoms with Gasteiger partial charge in [0.2, 0.25) is 0 Å². The third-order valence-electron chi connectivity index (χ3n) is 2.41. The van der Waals surface area contributed by atoms with Crippen LogP contribution in [0.2, 0.25) is 5.02 Å². The second-order valence-corrected chi connectivity index (χ2v) is 5.07. The molecule has 0 aromatic heterocycles. The average molecular weight is 340 g/mol. The molecule has 19 heavy (non-hydrogen) atoms. The van der Waals surface area contributed by atoms with Crippen molar-refractivity contribution in [3.05, 3.63) is 57.5 Å². The van der Waals surface area contributed by atoms with Crippen LogP contribution in [0.15, 0.2) is 52.0 Å². The van der Waals surface area contributed by atoms with Crippen LogP contribution in [-0.2, 0) is 0 Å². The van der Waals surface area contributed by atoms with Crippen molar-refractivity contribution >= 4 is 39.4 Å². The van der Waals surface area contributed by atoms with Crippen molar-refractivity contribution in [3.8, 4) is 5.75 Å². The molecule has 0 atom stereocenters. The van der Waals surface area contributed by atoms with Gasteiger partial charge in [-0.1, -0.05) is 17.7 Å². The number of nitrogens with zero attached hydrogens (tertiary/aromatic N) is 1. The maximum absolute atomic E-state index is 5.88. The third kappa shape index (κ3) is 3.98. The van der Waals surface area contributed by atoms with Gasteiger partial charge in [0.1, 0.15) is 5.75 Å².